The van der Waals surface area contributed by atoms with Crippen molar-refractivity contribution in [1.29, 1.82) is 0 Å². The van der Waals surface area contributed by atoms with Crippen LogP contribution >= 0.6 is 0 Å². The molecular formula is C24H22N2O2. The third-order valence-electron chi connectivity index (χ3n) is 5.56. The minimum absolute atomic E-state index is 0.163. The van der Waals surface area contributed by atoms with Crippen LogP contribution in [0.25, 0.3) is 0 Å². The van der Waals surface area contributed by atoms with Crippen LogP contribution in [0.1, 0.15) is 40.9 Å². The maximum absolute atomic E-state index is 6.44. The van der Waals surface area contributed by atoms with E-state index in [1.165, 1.54) is 11.1 Å². The summed E-state index contributed by atoms with van der Waals surface area (Å²) in [5.74, 6) is 1.79. The van der Waals surface area contributed by atoms with E-state index in [2.05, 4.69) is 60.5 Å². The van der Waals surface area contributed by atoms with Gasteiger partial charge < -0.3 is 9.47 Å². The SMILES string of the molecule is COc1cccc(C2=NN3C(C2)c2ccccc2OC3c2ccccc2C)c1. The average Bonchev–Trinajstić information content (AvgIpc) is 3.19. The second-order valence-electron chi connectivity index (χ2n) is 7.24. The molecule has 5 rings (SSSR count). The van der Waals surface area contributed by atoms with Crippen LogP contribution in [0, 0.1) is 6.92 Å². The number of nitrogens with zero attached hydrogens (tertiary/aromatic N) is 2. The summed E-state index contributed by atoms with van der Waals surface area (Å²) >= 11 is 0. The molecule has 0 aliphatic carbocycles. The zero-order chi connectivity index (χ0) is 19.1. The number of methoxy groups -OCH3 is 1. The van der Waals surface area contributed by atoms with Gasteiger partial charge in [-0.2, -0.15) is 5.10 Å². The Morgan fingerprint density at radius 1 is 0.964 bits per heavy atom. The fourth-order valence-corrected chi connectivity index (χ4v) is 4.08. The first-order valence-corrected chi connectivity index (χ1v) is 9.56. The Labute approximate surface area is 165 Å². The van der Waals surface area contributed by atoms with E-state index >= 15 is 0 Å². The molecule has 2 unspecified atom stereocenters. The third-order valence-corrected chi connectivity index (χ3v) is 5.56. The molecule has 4 heteroatoms. The van der Waals surface area contributed by atoms with E-state index in [-0.39, 0.29) is 12.3 Å². The van der Waals surface area contributed by atoms with E-state index < -0.39 is 0 Å². The number of ether oxygens (including phenoxy) is 2. The molecule has 2 atom stereocenters. The number of fused-ring (bicyclic) bond motifs is 3. The largest absolute Gasteiger partial charge is 0.497 e. The highest BCUT2D eigenvalue weighted by Gasteiger charge is 2.41. The predicted molar refractivity (Wildman–Crippen MR) is 110 cm³/mol. The molecule has 2 aliphatic rings. The van der Waals surface area contributed by atoms with Crippen LogP contribution in [0.3, 0.4) is 0 Å². The van der Waals surface area contributed by atoms with E-state index in [1.807, 2.05) is 24.3 Å². The Bertz CT molecular complexity index is 1060. The van der Waals surface area contributed by atoms with E-state index in [4.69, 9.17) is 14.6 Å². The lowest BCUT2D eigenvalue weighted by molar-refractivity contribution is -0.0194. The van der Waals surface area contributed by atoms with Crippen LogP contribution in [-0.4, -0.2) is 17.8 Å². The number of hydrogen-bond donors (Lipinski definition) is 0. The van der Waals surface area contributed by atoms with Crippen molar-refractivity contribution in [3.05, 3.63) is 95.1 Å². The van der Waals surface area contributed by atoms with Gasteiger partial charge in [-0.1, -0.05) is 54.6 Å². The number of para-hydroxylation sites is 1. The molecule has 0 fully saturated rings. The first-order valence-electron chi connectivity index (χ1n) is 9.56. The molecule has 28 heavy (non-hydrogen) atoms. The third kappa shape index (κ3) is 2.73. The van der Waals surface area contributed by atoms with Crippen LogP contribution in [0.4, 0.5) is 0 Å². The van der Waals surface area contributed by atoms with Gasteiger partial charge in [-0.25, -0.2) is 5.01 Å². The lowest BCUT2D eigenvalue weighted by Crippen LogP contribution is -2.34. The van der Waals surface area contributed by atoms with Gasteiger partial charge in [-0.05, 0) is 30.7 Å². The van der Waals surface area contributed by atoms with Crippen molar-refractivity contribution in [3.8, 4) is 11.5 Å². The molecule has 4 nitrogen and oxygen atoms in total. The second kappa shape index (κ2) is 6.71. The number of hydrogen-bond acceptors (Lipinski definition) is 4. The number of rotatable bonds is 3. The van der Waals surface area contributed by atoms with Crippen molar-refractivity contribution < 1.29 is 9.47 Å². The van der Waals surface area contributed by atoms with Gasteiger partial charge in [0.15, 0.2) is 0 Å². The van der Waals surface area contributed by atoms with Crippen molar-refractivity contribution in [2.75, 3.05) is 7.11 Å². The highest BCUT2D eigenvalue weighted by Crippen LogP contribution is 2.47. The molecule has 3 aromatic rings. The van der Waals surface area contributed by atoms with Gasteiger partial charge in [0.2, 0.25) is 6.23 Å². The van der Waals surface area contributed by atoms with Crippen LogP contribution in [0.2, 0.25) is 0 Å². The summed E-state index contributed by atoms with van der Waals surface area (Å²) in [6.45, 7) is 2.12. The topological polar surface area (TPSA) is 34.1 Å². The number of hydrazone groups is 1. The molecular weight excluding hydrogens is 348 g/mol. The second-order valence-corrected chi connectivity index (χ2v) is 7.24. The fraction of sp³-hybridized carbons (Fsp3) is 0.208. The Balaban J connectivity index is 1.60. The van der Waals surface area contributed by atoms with E-state index in [9.17, 15) is 0 Å². The Kier molecular flexibility index (Phi) is 4.05. The van der Waals surface area contributed by atoms with Crippen molar-refractivity contribution in [2.45, 2.75) is 25.6 Å². The summed E-state index contributed by atoms with van der Waals surface area (Å²) in [6, 6.07) is 24.9. The first-order chi connectivity index (χ1) is 13.7. The van der Waals surface area contributed by atoms with E-state index in [0.29, 0.717) is 0 Å². The van der Waals surface area contributed by atoms with Gasteiger partial charge in [0, 0.05) is 23.1 Å². The normalized spacial score (nSPS) is 20.1. The Morgan fingerprint density at radius 2 is 1.75 bits per heavy atom. The van der Waals surface area contributed by atoms with Gasteiger partial charge in [0.1, 0.15) is 11.5 Å². The predicted octanol–water partition coefficient (Wildman–Crippen LogP) is 5.25. The van der Waals surface area contributed by atoms with Gasteiger partial charge in [0.05, 0.1) is 18.9 Å². The molecule has 0 saturated carbocycles. The first kappa shape index (κ1) is 16.9. The summed E-state index contributed by atoms with van der Waals surface area (Å²) in [5.41, 5.74) is 5.69. The van der Waals surface area contributed by atoms with Crippen molar-refractivity contribution in [1.82, 2.24) is 5.01 Å². The summed E-state index contributed by atoms with van der Waals surface area (Å²) in [6.07, 6.45) is 0.611. The molecule has 3 aromatic carbocycles. The van der Waals surface area contributed by atoms with E-state index in [0.717, 1.165) is 34.8 Å². The highest BCUT2D eigenvalue weighted by molar-refractivity contribution is 6.02. The van der Waals surface area contributed by atoms with Crippen LogP contribution in [0.5, 0.6) is 11.5 Å². The molecule has 140 valence electrons. The highest BCUT2D eigenvalue weighted by atomic mass is 16.5. The van der Waals surface area contributed by atoms with Crippen molar-refractivity contribution in [3.63, 3.8) is 0 Å². The van der Waals surface area contributed by atoms with E-state index in [1.54, 1.807) is 7.11 Å². The smallest absolute Gasteiger partial charge is 0.214 e. The quantitative estimate of drug-likeness (QED) is 0.632. The molecule has 2 aliphatic heterocycles. The molecule has 0 aromatic heterocycles. The average molecular weight is 370 g/mol. The maximum atomic E-state index is 6.44. The Hall–Kier alpha value is -3.27. The molecule has 2 heterocycles. The summed E-state index contributed by atoms with van der Waals surface area (Å²) in [7, 11) is 1.69. The molecule has 0 amide bonds. The van der Waals surface area contributed by atoms with Crippen LogP contribution < -0.4 is 9.47 Å². The number of benzene rings is 3. The summed E-state index contributed by atoms with van der Waals surface area (Å²) in [5, 5.41) is 7.15. The summed E-state index contributed by atoms with van der Waals surface area (Å²) in [4.78, 5) is 0. The van der Waals surface area contributed by atoms with Crippen LogP contribution in [-0.2, 0) is 0 Å². The standard InChI is InChI=1S/C24H22N2O2/c1-16-8-3-4-11-19(16)24-26-22(20-12-5-6-13-23(20)28-24)15-21(25-26)17-9-7-10-18(14-17)27-2/h3-14,22,24H,15H2,1-2H3. The van der Waals surface area contributed by atoms with Gasteiger partial charge >= 0.3 is 0 Å². The zero-order valence-electron chi connectivity index (χ0n) is 16.0. The molecule has 0 bridgehead atoms. The molecule has 0 saturated heterocycles. The van der Waals surface area contributed by atoms with Crippen molar-refractivity contribution >= 4 is 5.71 Å². The summed E-state index contributed by atoms with van der Waals surface area (Å²) < 4.78 is 11.8. The minimum Gasteiger partial charge on any atom is -0.497 e. The molecule has 0 radical (unpaired) electrons. The minimum atomic E-state index is -0.232. The van der Waals surface area contributed by atoms with Crippen LogP contribution in [0.15, 0.2) is 77.9 Å². The maximum Gasteiger partial charge on any atom is 0.214 e. The zero-order valence-corrected chi connectivity index (χ0v) is 16.0. The van der Waals surface area contributed by atoms with Gasteiger partial charge in [-0.3, -0.25) is 0 Å². The number of aryl methyl sites for hydroxylation is 1. The lowest BCUT2D eigenvalue weighted by atomic mass is 9.95. The molecule has 0 spiro atoms. The molecule has 0 N–H and O–H groups in total. The monoisotopic (exact) mass is 370 g/mol. The van der Waals surface area contributed by atoms with Crippen molar-refractivity contribution in [2.24, 2.45) is 5.10 Å². The van der Waals surface area contributed by atoms with Gasteiger partial charge in [0.25, 0.3) is 0 Å². The lowest BCUT2D eigenvalue weighted by Gasteiger charge is -2.38. The fourth-order valence-electron chi connectivity index (χ4n) is 4.08. The van der Waals surface area contributed by atoms with Gasteiger partial charge in [-0.15, -0.1) is 0 Å². The Morgan fingerprint density at radius 3 is 2.57 bits per heavy atom.